The monoisotopic (exact) mass is 387 g/mol. The second kappa shape index (κ2) is 9.19. The van der Waals surface area contributed by atoms with E-state index in [0.29, 0.717) is 21.8 Å². The highest BCUT2D eigenvalue weighted by Gasteiger charge is 2.24. The van der Waals surface area contributed by atoms with E-state index < -0.39 is 6.04 Å². The van der Waals surface area contributed by atoms with Crippen molar-refractivity contribution in [3.05, 3.63) is 64.7 Å². The van der Waals surface area contributed by atoms with Gasteiger partial charge in [-0.2, -0.15) is 0 Å². The Kier molecular flexibility index (Phi) is 6.96. The molecule has 2 aromatic rings. The zero-order valence-electron chi connectivity index (χ0n) is 15.4. The first-order valence-electron chi connectivity index (χ1n) is 8.51. The lowest BCUT2D eigenvalue weighted by Crippen LogP contribution is -2.47. The van der Waals surface area contributed by atoms with Gasteiger partial charge in [0.2, 0.25) is 5.91 Å². The van der Waals surface area contributed by atoms with Gasteiger partial charge in [-0.25, -0.2) is 0 Å². The quantitative estimate of drug-likeness (QED) is 0.711. The summed E-state index contributed by atoms with van der Waals surface area (Å²) in [6, 6.07) is 12.2. The molecule has 3 amide bonds. The minimum Gasteiger partial charge on any atom is -0.355 e. The van der Waals surface area contributed by atoms with E-state index in [9.17, 15) is 14.4 Å². The lowest BCUT2D eigenvalue weighted by Gasteiger charge is -2.22. The molecule has 0 aromatic heterocycles. The highest BCUT2D eigenvalue weighted by molar-refractivity contribution is 6.30. The van der Waals surface area contributed by atoms with Crippen molar-refractivity contribution in [3.63, 3.8) is 0 Å². The number of amides is 3. The first kappa shape index (κ1) is 20.5. The third kappa shape index (κ3) is 5.56. The van der Waals surface area contributed by atoms with E-state index in [4.69, 9.17) is 11.6 Å². The summed E-state index contributed by atoms with van der Waals surface area (Å²) in [7, 11) is 1.55. The molecule has 0 aliphatic rings. The average molecular weight is 388 g/mol. The van der Waals surface area contributed by atoms with Crippen LogP contribution in [0.4, 0.5) is 5.69 Å². The van der Waals surface area contributed by atoms with E-state index in [2.05, 4.69) is 16.0 Å². The van der Waals surface area contributed by atoms with Gasteiger partial charge in [0, 0.05) is 28.9 Å². The summed E-state index contributed by atoms with van der Waals surface area (Å²) in [6.07, 6.45) is 0. The van der Waals surface area contributed by atoms with Crippen molar-refractivity contribution in [3.8, 4) is 0 Å². The zero-order valence-corrected chi connectivity index (χ0v) is 16.1. The molecule has 0 saturated carbocycles. The van der Waals surface area contributed by atoms with Gasteiger partial charge >= 0.3 is 0 Å². The summed E-state index contributed by atoms with van der Waals surface area (Å²) in [5.41, 5.74) is 1.46. The van der Waals surface area contributed by atoms with Crippen molar-refractivity contribution >= 4 is 35.0 Å². The van der Waals surface area contributed by atoms with E-state index >= 15 is 0 Å². The molecule has 0 saturated heterocycles. The molecule has 1 atom stereocenters. The standard InChI is InChI=1S/C20H22ClN3O3/c1-12(2)17(24-19(26)14-4-8-15(21)9-5-14)20(27)23-16-10-6-13(7-11-16)18(25)22-3/h4-12,17H,1-3H3,(H,22,25)(H,23,27)(H,24,26). The van der Waals surface area contributed by atoms with Crippen LogP contribution in [0, 0.1) is 5.92 Å². The molecule has 2 rings (SSSR count). The number of benzene rings is 2. The van der Waals surface area contributed by atoms with Crippen LogP contribution in [0.15, 0.2) is 48.5 Å². The second-order valence-electron chi connectivity index (χ2n) is 6.35. The fourth-order valence-corrected chi connectivity index (χ4v) is 2.56. The fourth-order valence-electron chi connectivity index (χ4n) is 2.43. The van der Waals surface area contributed by atoms with Crippen LogP contribution in [0.5, 0.6) is 0 Å². The maximum Gasteiger partial charge on any atom is 0.251 e. The van der Waals surface area contributed by atoms with E-state index in [-0.39, 0.29) is 23.6 Å². The summed E-state index contributed by atoms with van der Waals surface area (Å²) >= 11 is 5.83. The molecule has 0 radical (unpaired) electrons. The Labute approximate surface area is 163 Å². The summed E-state index contributed by atoms with van der Waals surface area (Å²) < 4.78 is 0. The average Bonchev–Trinajstić information content (AvgIpc) is 2.66. The Balaban J connectivity index is 2.07. The molecule has 7 heteroatoms. The van der Waals surface area contributed by atoms with E-state index in [1.54, 1.807) is 55.6 Å². The van der Waals surface area contributed by atoms with Gasteiger partial charge in [0.05, 0.1) is 0 Å². The molecule has 0 aliphatic carbocycles. The second-order valence-corrected chi connectivity index (χ2v) is 6.78. The third-order valence-corrected chi connectivity index (χ3v) is 4.24. The third-order valence-electron chi connectivity index (χ3n) is 3.98. The van der Waals surface area contributed by atoms with Gasteiger partial charge in [0.1, 0.15) is 6.04 Å². The molecule has 27 heavy (non-hydrogen) atoms. The maximum absolute atomic E-state index is 12.6. The predicted octanol–water partition coefficient (Wildman–Crippen LogP) is 3.09. The largest absolute Gasteiger partial charge is 0.355 e. The van der Waals surface area contributed by atoms with Crippen LogP contribution < -0.4 is 16.0 Å². The van der Waals surface area contributed by atoms with Crippen LogP contribution >= 0.6 is 11.6 Å². The molecule has 3 N–H and O–H groups in total. The van der Waals surface area contributed by atoms with Crippen molar-refractivity contribution < 1.29 is 14.4 Å². The summed E-state index contributed by atoms with van der Waals surface area (Å²) in [4.78, 5) is 36.6. The number of hydrogen-bond acceptors (Lipinski definition) is 3. The van der Waals surface area contributed by atoms with Crippen LogP contribution in [0.2, 0.25) is 5.02 Å². The molecule has 0 bridgehead atoms. The first-order valence-corrected chi connectivity index (χ1v) is 8.89. The van der Waals surface area contributed by atoms with Crippen LogP contribution in [-0.2, 0) is 4.79 Å². The SMILES string of the molecule is CNC(=O)c1ccc(NC(=O)C(NC(=O)c2ccc(Cl)cc2)C(C)C)cc1. The molecule has 0 spiro atoms. The fraction of sp³-hybridized carbons (Fsp3) is 0.250. The molecule has 1 unspecified atom stereocenters. The van der Waals surface area contributed by atoms with Crippen molar-refractivity contribution in [1.29, 1.82) is 0 Å². The normalized spacial score (nSPS) is 11.6. The van der Waals surface area contributed by atoms with E-state index in [1.807, 2.05) is 13.8 Å². The van der Waals surface area contributed by atoms with Crippen LogP contribution in [0.25, 0.3) is 0 Å². The first-order chi connectivity index (χ1) is 12.8. The zero-order chi connectivity index (χ0) is 20.0. The smallest absolute Gasteiger partial charge is 0.251 e. The van der Waals surface area contributed by atoms with Gasteiger partial charge in [-0.1, -0.05) is 25.4 Å². The van der Waals surface area contributed by atoms with Gasteiger partial charge in [-0.15, -0.1) is 0 Å². The highest BCUT2D eigenvalue weighted by atomic mass is 35.5. The molecule has 142 valence electrons. The molecule has 2 aromatic carbocycles. The number of halogens is 1. The van der Waals surface area contributed by atoms with Crippen LogP contribution in [0.1, 0.15) is 34.6 Å². The van der Waals surface area contributed by atoms with Gasteiger partial charge in [0.25, 0.3) is 11.8 Å². The summed E-state index contributed by atoms with van der Waals surface area (Å²) in [6.45, 7) is 3.70. The van der Waals surface area contributed by atoms with Crippen molar-refractivity contribution in [2.24, 2.45) is 5.92 Å². The Morgan fingerprint density at radius 2 is 1.37 bits per heavy atom. The van der Waals surface area contributed by atoms with Crippen LogP contribution in [-0.4, -0.2) is 30.8 Å². The predicted molar refractivity (Wildman–Crippen MR) is 106 cm³/mol. The number of carbonyl (C=O) groups is 3. The molecule has 0 heterocycles. The van der Waals surface area contributed by atoms with Gasteiger partial charge in [-0.3, -0.25) is 14.4 Å². The van der Waals surface area contributed by atoms with Gasteiger partial charge < -0.3 is 16.0 Å². The lowest BCUT2D eigenvalue weighted by atomic mass is 10.0. The summed E-state index contributed by atoms with van der Waals surface area (Å²) in [5.74, 6) is -1.01. The van der Waals surface area contributed by atoms with Crippen molar-refractivity contribution in [1.82, 2.24) is 10.6 Å². The maximum atomic E-state index is 12.6. The minimum atomic E-state index is -0.716. The topological polar surface area (TPSA) is 87.3 Å². The Hall–Kier alpha value is -2.86. The number of hydrogen-bond donors (Lipinski definition) is 3. The van der Waals surface area contributed by atoms with Gasteiger partial charge in [0.15, 0.2) is 0 Å². The Morgan fingerprint density at radius 1 is 0.852 bits per heavy atom. The van der Waals surface area contributed by atoms with Crippen LogP contribution in [0.3, 0.4) is 0 Å². The van der Waals surface area contributed by atoms with Crippen molar-refractivity contribution in [2.75, 3.05) is 12.4 Å². The number of carbonyl (C=O) groups excluding carboxylic acids is 3. The molecule has 0 aliphatic heterocycles. The number of anilines is 1. The Morgan fingerprint density at radius 3 is 1.89 bits per heavy atom. The van der Waals surface area contributed by atoms with E-state index in [1.165, 1.54) is 0 Å². The molecular weight excluding hydrogens is 366 g/mol. The highest BCUT2D eigenvalue weighted by Crippen LogP contribution is 2.13. The lowest BCUT2D eigenvalue weighted by molar-refractivity contribution is -0.118. The Bertz CT molecular complexity index is 817. The number of rotatable bonds is 6. The molecular formula is C20H22ClN3O3. The number of nitrogens with one attached hydrogen (secondary N) is 3. The van der Waals surface area contributed by atoms with Crippen molar-refractivity contribution in [2.45, 2.75) is 19.9 Å². The van der Waals surface area contributed by atoms with E-state index in [0.717, 1.165) is 0 Å². The summed E-state index contributed by atoms with van der Waals surface area (Å²) in [5, 5.41) is 8.59. The van der Waals surface area contributed by atoms with Gasteiger partial charge in [-0.05, 0) is 54.4 Å². The minimum absolute atomic E-state index is 0.119. The molecule has 6 nitrogen and oxygen atoms in total. The molecule has 0 fully saturated rings.